The van der Waals surface area contributed by atoms with Gasteiger partial charge < -0.3 is 10.2 Å². The van der Waals surface area contributed by atoms with Crippen LogP contribution in [0, 0.1) is 5.82 Å². The molecule has 1 aliphatic rings. The smallest absolute Gasteiger partial charge is 0.306 e. The number of aliphatic carboxylic acids is 1. The highest BCUT2D eigenvalue weighted by Crippen LogP contribution is 2.45. The monoisotopic (exact) mass is 256 g/mol. The predicted octanol–water partition coefficient (Wildman–Crippen LogP) is 2.37. The van der Waals surface area contributed by atoms with Gasteiger partial charge in [0.05, 0.1) is 6.42 Å². The molecule has 0 amide bonds. The number of carboxylic acids is 1. The Labute approximate surface area is 103 Å². The zero-order chi connectivity index (χ0) is 12.6. The van der Waals surface area contributed by atoms with E-state index >= 15 is 0 Å². The maximum absolute atomic E-state index is 13.2. The first kappa shape index (κ1) is 12.4. The standard InChI is InChI=1S/C12H13FO3S/c1-7-5-12(16,6-11(14)15)9-4-8(13)2-3-10(9)17-7/h2-4,7,16H,5-6H2,1H3,(H,14,15)/t7-,12-/m1/s1. The average molecular weight is 256 g/mol. The Morgan fingerprint density at radius 1 is 1.65 bits per heavy atom. The van der Waals surface area contributed by atoms with E-state index in [9.17, 15) is 14.3 Å². The van der Waals surface area contributed by atoms with Crippen molar-refractivity contribution in [3.63, 3.8) is 0 Å². The number of benzene rings is 1. The third-order valence-corrected chi connectivity index (χ3v) is 4.02. The molecule has 0 unspecified atom stereocenters. The van der Waals surface area contributed by atoms with Crippen molar-refractivity contribution in [1.29, 1.82) is 0 Å². The van der Waals surface area contributed by atoms with Crippen molar-refractivity contribution < 1.29 is 19.4 Å². The summed E-state index contributed by atoms with van der Waals surface area (Å²) in [5, 5.41) is 19.4. The normalized spacial score (nSPS) is 27.6. The van der Waals surface area contributed by atoms with E-state index in [0.29, 0.717) is 12.0 Å². The lowest BCUT2D eigenvalue weighted by Gasteiger charge is -2.36. The van der Waals surface area contributed by atoms with Gasteiger partial charge in [0, 0.05) is 15.7 Å². The second kappa shape index (κ2) is 4.31. The molecule has 92 valence electrons. The summed E-state index contributed by atoms with van der Waals surface area (Å²) in [5.41, 5.74) is -1.07. The van der Waals surface area contributed by atoms with E-state index in [1.165, 1.54) is 23.9 Å². The van der Waals surface area contributed by atoms with Gasteiger partial charge in [-0.1, -0.05) is 6.92 Å². The van der Waals surface area contributed by atoms with Gasteiger partial charge in [-0.15, -0.1) is 11.8 Å². The minimum atomic E-state index is -1.46. The summed E-state index contributed by atoms with van der Waals surface area (Å²) in [6.45, 7) is 1.92. The third kappa shape index (κ3) is 2.45. The molecule has 0 bridgehead atoms. The van der Waals surface area contributed by atoms with Crippen LogP contribution in [0.25, 0.3) is 0 Å². The molecule has 0 aromatic heterocycles. The van der Waals surface area contributed by atoms with Crippen LogP contribution in [0.5, 0.6) is 0 Å². The summed E-state index contributed by atoms with van der Waals surface area (Å²) < 4.78 is 13.2. The van der Waals surface area contributed by atoms with E-state index in [1.54, 1.807) is 6.07 Å². The van der Waals surface area contributed by atoms with Gasteiger partial charge in [-0.2, -0.15) is 0 Å². The van der Waals surface area contributed by atoms with E-state index < -0.39 is 23.8 Å². The number of thioether (sulfide) groups is 1. The first-order valence-corrected chi connectivity index (χ1v) is 6.19. The van der Waals surface area contributed by atoms with Gasteiger partial charge in [0.25, 0.3) is 0 Å². The molecule has 0 radical (unpaired) electrons. The number of fused-ring (bicyclic) bond motifs is 1. The molecule has 1 heterocycles. The molecular formula is C12H13FO3S. The van der Waals surface area contributed by atoms with Crippen LogP contribution < -0.4 is 0 Å². The van der Waals surface area contributed by atoms with Crippen LogP contribution in [0.2, 0.25) is 0 Å². The summed E-state index contributed by atoms with van der Waals surface area (Å²) in [4.78, 5) is 11.6. The number of hydrogen-bond donors (Lipinski definition) is 2. The van der Waals surface area contributed by atoms with E-state index in [2.05, 4.69) is 0 Å². The van der Waals surface area contributed by atoms with Crippen molar-refractivity contribution in [3.8, 4) is 0 Å². The van der Waals surface area contributed by atoms with Crippen molar-refractivity contribution in [2.75, 3.05) is 0 Å². The van der Waals surface area contributed by atoms with Gasteiger partial charge in [0.2, 0.25) is 0 Å². The number of hydrogen-bond acceptors (Lipinski definition) is 3. The largest absolute Gasteiger partial charge is 0.481 e. The highest BCUT2D eigenvalue weighted by molar-refractivity contribution is 8.00. The Hall–Kier alpha value is -1.07. The number of carboxylic acid groups (broad SMARTS) is 1. The molecule has 0 saturated carbocycles. The van der Waals surface area contributed by atoms with Crippen molar-refractivity contribution in [2.24, 2.45) is 0 Å². The Morgan fingerprint density at radius 2 is 2.35 bits per heavy atom. The van der Waals surface area contributed by atoms with Crippen LogP contribution in [0.15, 0.2) is 23.1 Å². The van der Waals surface area contributed by atoms with Crippen molar-refractivity contribution in [1.82, 2.24) is 0 Å². The van der Waals surface area contributed by atoms with E-state index in [-0.39, 0.29) is 5.25 Å². The average Bonchev–Trinajstić information content (AvgIpc) is 2.17. The van der Waals surface area contributed by atoms with Gasteiger partial charge in [-0.05, 0) is 24.6 Å². The molecule has 1 aliphatic heterocycles. The predicted molar refractivity (Wildman–Crippen MR) is 62.5 cm³/mol. The molecule has 0 saturated heterocycles. The van der Waals surface area contributed by atoms with Crippen LogP contribution in [0.3, 0.4) is 0 Å². The summed E-state index contributed by atoms with van der Waals surface area (Å²) >= 11 is 1.53. The number of carbonyl (C=O) groups is 1. The number of aliphatic hydroxyl groups is 1. The minimum absolute atomic E-state index is 0.109. The Morgan fingerprint density at radius 3 is 3.00 bits per heavy atom. The van der Waals surface area contributed by atoms with Crippen molar-refractivity contribution in [3.05, 3.63) is 29.6 Å². The van der Waals surface area contributed by atoms with Crippen LogP contribution in [0.4, 0.5) is 4.39 Å². The topological polar surface area (TPSA) is 57.5 Å². The fraction of sp³-hybridized carbons (Fsp3) is 0.417. The van der Waals surface area contributed by atoms with Gasteiger partial charge in [-0.25, -0.2) is 4.39 Å². The molecule has 0 aliphatic carbocycles. The quantitative estimate of drug-likeness (QED) is 0.853. The molecule has 17 heavy (non-hydrogen) atoms. The molecule has 2 rings (SSSR count). The molecule has 5 heteroatoms. The lowest BCUT2D eigenvalue weighted by Crippen LogP contribution is -2.35. The summed E-state index contributed by atoms with van der Waals surface area (Å²) in [7, 11) is 0. The third-order valence-electron chi connectivity index (χ3n) is 2.84. The fourth-order valence-corrected chi connectivity index (χ4v) is 3.55. The SMILES string of the molecule is C[C@@H]1C[C@@](O)(CC(=O)O)c2cc(F)ccc2S1. The lowest BCUT2D eigenvalue weighted by atomic mass is 9.85. The first-order chi connectivity index (χ1) is 7.90. The van der Waals surface area contributed by atoms with Crippen molar-refractivity contribution in [2.45, 2.75) is 35.5 Å². The zero-order valence-corrected chi connectivity index (χ0v) is 10.1. The lowest BCUT2D eigenvalue weighted by molar-refractivity contribution is -0.143. The Bertz CT molecular complexity index is 463. The Kier molecular flexibility index (Phi) is 3.14. The number of rotatable bonds is 2. The molecule has 0 fully saturated rings. The van der Waals surface area contributed by atoms with Crippen LogP contribution in [-0.4, -0.2) is 21.4 Å². The molecule has 2 atom stereocenters. The molecule has 1 aromatic rings. The van der Waals surface area contributed by atoms with Gasteiger partial charge in [0.1, 0.15) is 11.4 Å². The molecule has 0 spiro atoms. The summed E-state index contributed by atoms with van der Waals surface area (Å²) in [6, 6.07) is 4.15. The van der Waals surface area contributed by atoms with Gasteiger partial charge >= 0.3 is 5.97 Å². The summed E-state index contributed by atoms with van der Waals surface area (Å²) in [6.07, 6.45) is -0.0746. The fourth-order valence-electron chi connectivity index (χ4n) is 2.23. The zero-order valence-electron chi connectivity index (χ0n) is 9.31. The second-order valence-electron chi connectivity index (χ2n) is 4.38. The van der Waals surface area contributed by atoms with E-state index in [4.69, 9.17) is 5.11 Å². The van der Waals surface area contributed by atoms with Crippen LogP contribution in [0.1, 0.15) is 25.3 Å². The number of halogens is 1. The van der Waals surface area contributed by atoms with E-state index in [0.717, 1.165) is 4.90 Å². The highest BCUT2D eigenvalue weighted by atomic mass is 32.2. The van der Waals surface area contributed by atoms with Crippen molar-refractivity contribution >= 4 is 17.7 Å². The molecule has 2 N–H and O–H groups in total. The van der Waals surface area contributed by atoms with Crippen LogP contribution in [-0.2, 0) is 10.4 Å². The summed E-state index contributed by atoms with van der Waals surface area (Å²) in [5.74, 6) is -1.54. The van der Waals surface area contributed by atoms with E-state index in [1.807, 2.05) is 6.92 Å². The van der Waals surface area contributed by atoms with Gasteiger partial charge in [0.15, 0.2) is 0 Å². The molecular weight excluding hydrogens is 243 g/mol. The van der Waals surface area contributed by atoms with Gasteiger partial charge in [-0.3, -0.25) is 4.79 Å². The highest BCUT2D eigenvalue weighted by Gasteiger charge is 2.39. The Balaban J connectivity index is 2.48. The maximum atomic E-state index is 13.2. The first-order valence-electron chi connectivity index (χ1n) is 5.31. The maximum Gasteiger partial charge on any atom is 0.306 e. The molecule has 3 nitrogen and oxygen atoms in total. The van der Waals surface area contributed by atoms with Crippen LogP contribution >= 0.6 is 11.8 Å². The second-order valence-corrected chi connectivity index (χ2v) is 5.86. The minimum Gasteiger partial charge on any atom is -0.481 e. The molecule has 1 aromatic carbocycles.